The maximum absolute atomic E-state index is 12.5. The van der Waals surface area contributed by atoms with Crippen LogP contribution in [0.5, 0.6) is 0 Å². The number of hydrogen-bond acceptors (Lipinski definition) is 4. The van der Waals surface area contributed by atoms with Gasteiger partial charge in [-0.15, -0.1) is 0 Å². The summed E-state index contributed by atoms with van der Waals surface area (Å²) in [6.07, 6.45) is 3.86. The molecular weight excluding hydrogens is 276 g/mol. The monoisotopic (exact) mass is 304 g/mol. The Hall–Kier alpha value is -0.170. The fraction of sp³-hybridized carbons (Fsp3) is 1.00. The molecule has 2 atom stereocenters. The summed E-state index contributed by atoms with van der Waals surface area (Å²) in [6.45, 7) is 7.19. The summed E-state index contributed by atoms with van der Waals surface area (Å²) in [5, 5.41) is 3.41. The van der Waals surface area contributed by atoms with E-state index in [0.29, 0.717) is 31.7 Å². The van der Waals surface area contributed by atoms with E-state index < -0.39 is 10.0 Å². The van der Waals surface area contributed by atoms with E-state index in [2.05, 4.69) is 19.2 Å². The van der Waals surface area contributed by atoms with Gasteiger partial charge in [0.2, 0.25) is 10.0 Å². The van der Waals surface area contributed by atoms with Crippen LogP contribution in [0.25, 0.3) is 0 Å². The van der Waals surface area contributed by atoms with E-state index in [0.717, 1.165) is 32.2 Å². The summed E-state index contributed by atoms with van der Waals surface area (Å²) < 4.78 is 32.1. The molecule has 1 N–H and O–H groups in total. The van der Waals surface area contributed by atoms with Crippen LogP contribution in [0.2, 0.25) is 0 Å². The molecule has 0 aromatic rings. The second kappa shape index (κ2) is 7.20. The SMILES string of the molecule is CC(C)NCC1CCCN(S(=O)(=O)CC2CCCO2)C1. The fourth-order valence-corrected chi connectivity index (χ4v) is 4.75. The minimum atomic E-state index is -3.16. The minimum absolute atomic E-state index is 0.0887. The maximum Gasteiger partial charge on any atom is 0.216 e. The van der Waals surface area contributed by atoms with Crippen LogP contribution in [-0.4, -0.2) is 56.9 Å². The second-order valence-corrected chi connectivity index (χ2v) is 8.36. The molecule has 20 heavy (non-hydrogen) atoms. The van der Waals surface area contributed by atoms with E-state index in [-0.39, 0.29) is 11.9 Å². The van der Waals surface area contributed by atoms with Gasteiger partial charge in [0.1, 0.15) is 0 Å². The van der Waals surface area contributed by atoms with Gasteiger partial charge in [0, 0.05) is 25.7 Å². The van der Waals surface area contributed by atoms with Gasteiger partial charge in [-0.25, -0.2) is 12.7 Å². The number of nitrogens with one attached hydrogen (secondary N) is 1. The van der Waals surface area contributed by atoms with Crippen molar-refractivity contribution in [1.29, 1.82) is 0 Å². The second-order valence-electron chi connectivity index (χ2n) is 6.34. The molecule has 0 spiro atoms. The molecule has 0 aromatic heterocycles. The molecule has 0 amide bonds. The molecule has 2 aliphatic heterocycles. The molecule has 6 heteroatoms. The third kappa shape index (κ3) is 4.69. The molecule has 2 aliphatic rings. The Morgan fingerprint density at radius 1 is 1.30 bits per heavy atom. The van der Waals surface area contributed by atoms with Gasteiger partial charge >= 0.3 is 0 Å². The Labute approximate surface area is 123 Å². The largest absolute Gasteiger partial charge is 0.377 e. The van der Waals surface area contributed by atoms with E-state index in [4.69, 9.17) is 4.74 Å². The molecule has 5 nitrogen and oxygen atoms in total. The lowest BCUT2D eigenvalue weighted by molar-refractivity contribution is 0.125. The predicted molar refractivity (Wildman–Crippen MR) is 80.2 cm³/mol. The molecule has 2 unspecified atom stereocenters. The number of sulfonamides is 1. The fourth-order valence-electron chi connectivity index (χ4n) is 2.96. The van der Waals surface area contributed by atoms with E-state index >= 15 is 0 Å². The first kappa shape index (κ1) is 16.2. The lowest BCUT2D eigenvalue weighted by Gasteiger charge is -2.33. The van der Waals surface area contributed by atoms with Gasteiger partial charge in [0.25, 0.3) is 0 Å². The zero-order valence-electron chi connectivity index (χ0n) is 12.7. The van der Waals surface area contributed by atoms with Gasteiger partial charge in [-0.1, -0.05) is 13.8 Å². The summed E-state index contributed by atoms with van der Waals surface area (Å²) in [7, 11) is -3.16. The molecule has 2 heterocycles. The first-order valence-corrected chi connectivity index (χ1v) is 9.41. The number of piperidine rings is 1. The van der Waals surface area contributed by atoms with E-state index in [1.165, 1.54) is 0 Å². The van der Waals surface area contributed by atoms with Crippen molar-refractivity contribution in [2.24, 2.45) is 5.92 Å². The van der Waals surface area contributed by atoms with Crippen molar-refractivity contribution in [3.8, 4) is 0 Å². The van der Waals surface area contributed by atoms with E-state index in [1.807, 2.05) is 0 Å². The normalized spacial score (nSPS) is 29.1. The van der Waals surface area contributed by atoms with Gasteiger partial charge in [0.15, 0.2) is 0 Å². The number of ether oxygens (including phenoxy) is 1. The van der Waals surface area contributed by atoms with Crippen LogP contribution in [0.4, 0.5) is 0 Å². The van der Waals surface area contributed by atoms with Crippen molar-refractivity contribution in [3.05, 3.63) is 0 Å². The van der Waals surface area contributed by atoms with Crippen LogP contribution < -0.4 is 5.32 Å². The predicted octanol–water partition coefficient (Wildman–Crippen LogP) is 1.21. The van der Waals surface area contributed by atoms with Crippen molar-refractivity contribution < 1.29 is 13.2 Å². The average Bonchev–Trinajstić information content (AvgIpc) is 2.89. The van der Waals surface area contributed by atoms with Gasteiger partial charge in [-0.2, -0.15) is 0 Å². The highest BCUT2D eigenvalue weighted by Gasteiger charge is 2.32. The van der Waals surface area contributed by atoms with Crippen molar-refractivity contribution in [3.63, 3.8) is 0 Å². The van der Waals surface area contributed by atoms with Crippen molar-refractivity contribution >= 4 is 10.0 Å². The van der Waals surface area contributed by atoms with E-state index in [1.54, 1.807) is 4.31 Å². The number of rotatable bonds is 6. The molecule has 0 aromatic carbocycles. The Morgan fingerprint density at radius 2 is 2.10 bits per heavy atom. The summed E-state index contributed by atoms with van der Waals surface area (Å²) >= 11 is 0. The van der Waals surface area contributed by atoms with Gasteiger partial charge in [0.05, 0.1) is 11.9 Å². The van der Waals surface area contributed by atoms with Crippen LogP contribution in [0.1, 0.15) is 39.5 Å². The maximum atomic E-state index is 12.5. The standard InChI is InChI=1S/C14H28N2O3S/c1-12(2)15-9-13-5-3-7-16(10-13)20(17,18)11-14-6-4-8-19-14/h12-15H,3-11H2,1-2H3. The quantitative estimate of drug-likeness (QED) is 0.801. The van der Waals surface area contributed by atoms with Gasteiger partial charge in [-0.05, 0) is 38.1 Å². The zero-order valence-corrected chi connectivity index (χ0v) is 13.5. The van der Waals surface area contributed by atoms with Crippen LogP contribution in [-0.2, 0) is 14.8 Å². The van der Waals surface area contributed by atoms with Crippen molar-refractivity contribution in [2.45, 2.75) is 51.7 Å². The Kier molecular flexibility index (Phi) is 5.84. The Morgan fingerprint density at radius 3 is 2.75 bits per heavy atom. The smallest absolute Gasteiger partial charge is 0.216 e. The third-order valence-electron chi connectivity index (χ3n) is 4.11. The van der Waals surface area contributed by atoms with Gasteiger partial charge in [-0.3, -0.25) is 0 Å². The average molecular weight is 304 g/mol. The highest BCUT2D eigenvalue weighted by molar-refractivity contribution is 7.89. The minimum Gasteiger partial charge on any atom is -0.377 e. The highest BCUT2D eigenvalue weighted by Crippen LogP contribution is 2.22. The van der Waals surface area contributed by atoms with Crippen LogP contribution in [0.3, 0.4) is 0 Å². The van der Waals surface area contributed by atoms with Crippen molar-refractivity contribution in [1.82, 2.24) is 9.62 Å². The zero-order chi connectivity index (χ0) is 14.6. The lowest BCUT2D eigenvalue weighted by atomic mass is 9.99. The van der Waals surface area contributed by atoms with E-state index in [9.17, 15) is 8.42 Å². The van der Waals surface area contributed by atoms with Crippen LogP contribution in [0.15, 0.2) is 0 Å². The molecule has 0 bridgehead atoms. The number of nitrogens with zero attached hydrogens (tertiary/aromatic N) is 1. The first-order valence-electron chi connectivity index (χ1n) is 7.80. The summed E-state index contributed by atoms with van der Waals surface area (Å²) in [6, 6.07) is 0.453. The molecule has 0 aliphatic carbocycles. The summed E-state index contributed by atoms with van der Waals surface area (Å²) in [5.41, 5.74) is 0. The molecule has 2 rings (SSSR count). The Bertz CT molecular complexity index is 391. The topological polar surface area (TPSA) is 58.6 Å². The summed E-state index contributed by atoms with van der Waals surface area (Å²) in [5.74, 6) is 0.600. The molecule has 0 radical (unpaired) electrons. The van der Waals surface area contributed by atoms with Crippen molar-refractivity contribution in [2.75, 3.05) is 32.0 Å². The first-order chi connectivity index (χ1) is 9.47. The molecule has 2 fully saturated rings. The third-order valence-corrected chi connectivity index (χ3v) is 6.02. The molecular formula is C14H28N2O3S. The Balaban J connectivity index is 1.86. The van der Waals surface area contributed by atoms with Crippen LogP contribution in [0, 0.1) is 5.92 Å². The molecule has 2 saturated heterocycles. The molecule has 0 saturated carbocycles. The van der Waals surface area contributed by atoms with Gasteiger partial charge < -0.3 is 10.1 Å². The lowest BCUT2D eigenvalue weighted by Crippen LogP contribution is -2.45. The summed E-state index contributed by atoms with van der Waals surface area (Å²) in [4.78, 5) is 0. The highest BCUT2D eigenvalue weighted by atomic mass is 32.2. The number of hydrogen-bond donors (Lipinski definition) is 1. The van der Waals surface area contributed by atoms with Crippen LogP contribution >= 0.6 is 0 Å². The molecule has 118 valence electrons.